The van der Waals surface area contributed by atoms with Gasteiger partial charge in [0.2, 0.25) is 5.91 Å². The number of benzene rings is 1. The number of nitrogens with one attached hydrogen (secondary N) is 1. The van der Waals surface area contributed by atoms with Gasteiger partial charge in [0.05, 0.1) is 6.61 Å². The molecule has 1 heterocycles. The number of piperidine rings is 1. The minimum Gasteiger partial charge on any atom is -0.490 e. The number of carbonyl (C=O) groups is 2. The summed E-state index contributed by atoms with van der Waals surface area (Å²) >= 11 is 0. The summed E-state index contributed by atoms with van der Waals surface area (Å²) < 4.78 is 11.1. The zero-order chi connectivity index (χ0) is 18.8. The summed E-state index contributed by atoms with van der Waals surface area (Å²) in [6, 6.07) is 7.43. The molecule has 0 spiro atoms. The first kappa shape index (κ1) is 20.1. The Morgan fingerprint density at radius 1 is 1.12 bits per heavy atom. The smallest absolute Gasteiger partial charge is 0.258 e. The number of rotatable bonds is 9. The van der Waals surface area contributed by atoms with Gasteiger partial charge in [0.1, 0.15) is 0 Å². The zero-order valence-corrected chi connectivity index (χ0v) is 15.8. The number of unbranched alkanes of at least 4 members (excludes halogenated alkanes) is 1. The predicted octanol–water partition coefficient (Wildman–Crippen LogP) is 2.76. The van der Waals surface area contributed by atoms with Gasteiger partial charge in [-0.2, -0.15) is 0 Å². The fraction of sp³-hybridized carbons (Fsp3) is 0.600. The number of carbonyl (C=O) groups excluding carboxylic acids is 2. The highest BCUT2D eigenvalue weighted by Gasteiger charge is 2.23. The molecule has 0 saturated carbocycles. The van der Waals surface area contributed by atoms with Crippen LogP contribution in [-0.2, 0) is 9.59 Å². The molecule has 1 saturated heterocycles. The van der Waals surface area contributed by atoms with Crippen molar-refractivity contribution in [2.75, 3.05) is 26.3 Å². The van der Waals surface area contributed by atoms with Gasteiger partial charge >= 0.3 is 0 Å². The van der Waals surface area contributed by atoms with Crippen LogP contribution >= 0.6 is 0 Å². The maximum atomic E-state index is 12.2. The molecule has 1 aliphatic rings. The third-order valence-electron chi connectivity index (χ3n) is 4.46. The molecule has 6 heteroatoms. The van der Waals surface area contributed by atoms with Crippen molar-refractivity contribution in [1.82, 2.24) is 10.2 Å². The molecule has 6 nitrogen and oxygen atoms in total. The number of likely N-dealkylation sites (tertiary alicyclic amines) is 1. The van der Waals surface area contributed by atoms with Gasteiger partial charge in [-0.25, -0.2) is 0 Å². The fourth-order valence-electron chi connectivity index (χ4n) is 3.02. The summed E-state index contributed by atoms with van der Waals surface area (Å²) in [5.74, 6) is 1.29. The molecule has 0 aromatic heterocycles. The van der Waals surface area contributed by atoms with Gasteiger partial charge in [-0.05, 0) is 38.3 Å². The number of para-hydroxylation sites is 2. The molecule has 1 aromatic rings. The standard InChI is InChI=1S/C20H30N2O4/c1-3-5-10-20(24)22-13-11-16(12-14-22)21-19(23)15-26-18-9-7-6-8-17(18)25-4-2/h6-9,16H,3-5,10-15H2,1-2H3,(H,21,23). The second-order valence-electron chi connectivity index (χ2n) is 6.49. The lowest BCUT2D eigenvalue weighted by atomic mass is 10.0. The van der Waals surface area contributed by atoms with Crippen LogP contribution in [0.2, 0.25) is 0 Å². The molecule has 0 aliphatic carbocycles. The summed E-state index contributed by atoms with van der Waals surface area (Å²) in [5.41, 5.74) is 0. The number of hydrogen-bond acceptors (Lipinski definition) is 4. The highest BCUT2D eigenvalue weighted by Crippen LogP contribution is 2.26. The molecule has 0 unspecified atom stereocenters. The van der Waals surface area contributed by atoms with Crippen LogP contribution in [0.25, 0.3) is 0 Å². The Kier molecular flexibility index (Phi) is 8.25. The lowest BCUT2D eigenvalue weighted by molar-refractivity contribution is -0.132. The SMILES string of the molecule is CCCCC(=O)N1CCC(NC(=O)COc2ccccc2OCC)CC1. The van der Waals surface area contributed by atoms with Gasteiger partial charge in [-0.3, -0.25) is 9.59 Å². The molecule has 0 atom stereocenters. The second-order valence-corrected chi connectivity index (χ2v) is 6.49. The van der Waals surface area contributed by atoms with Crippen molar-refractivity contribution in [1.29, 1.82) is 0 Å². The van der Waals surface area contributed by atoms with E-state index in [-0.39, 0.29) is 24.5 Å². The highest BCUT2D eigenvalue weighted by molar-refractivity contribution is 5.78. The average molecular weight is 362 g/mol. The number of hydrogen-bond donors (Lipinski definition) is 1. The van der Waals surface area contributed by atoms with Gasteiger partial charge in [-0.1, -0.05) is 25.5 Å². The minimum absolute atomic E-state index is 0.0419. The Labute approximate surface area is 155 Å². The molecule has 26 heavy (non-hydrogen) atoms. The summed E-state index contributed by atoms with van der Waals surface area (Å²) in [7, 11) is 0. The van der Waals surface area contributed by atoms with Crippen LogP contribution in [0.5, 0.6) is 11.5 Å². The first-order chi connectivity index (χ1) is 12.6. The third kappa shape index (κ3) is 6.24. The number of amides is 2. The molecule has 2 rings (SSSR count). The Morgan fingerprint density at radius 3 is 2.38 bits per heavy atom. The first-order valence-electron chi connectivity index (χ1n) is 9.55. The van der Waals surface area contributed by atoms with Crippen molar-refractivity contribution in [2.24, 2.45) is 0 Å². The molecular weight excluding hydrogens is 332 g/mol. The van der Waals surface area contributed by atoms with Gasteiger partial charge in [0.25, 0.3) is 5.91 Å². The Hall–Kier alpha value is -2.24. The van der Waals surface area contributed by atoms with Crippen LogP contribution in [0, 0.1) is 0 Å². The van der Waals surface area contributed by atoms with Crippen LogP contribution < -0.4 is 14.8 Å². The van der Waals surface area contributed by atoms with Crippen molar-refractivity contribution in [3.63, 3.8) is 0 Å². The summed E-state index contributed by atoms with van der Waals surface area (Å²) in [5, 5.41) is 3.00. The largest absolute Gasteiger partial charge is 0.490 e. The number of ether oxygens (including phenoxy) is 2. The molecule has 144 valence electrons. The topological polar surface area (TPSA) is 67.9 Å². The van der Waals surface area contributed by atoms with E-state index in [0.29, 0.717) is 37.6 Å². The van der Waals surface area contributed by atoms with Crippen molar-refractivity contribution >= 4 is 11.8 Å². The molecule has 1 N–H and O–H groups in total. The molecule has 0 radical (unpaired) electrons. The monoisotopic (exact) mass is 362 g/mol. The minimum atomic E-state index is -0.146. The Bertz CT molecular complexity index is 583. The molecule has 0 bridgehead atoms. The van der Waals surface area contributed by atoms with Gasteiger partial charge in [0.15, 0.2) is 18.1 Å². The van der Waals surface area contributed by atoms with Crippen molar-refractivity contribution in [3.8, 4) is 11.5 Å². The number of nitrogens with zero attached hydrogens (tertiary/aromatic N) is 1. The van der Waals surface area contributed by atoms with E-state index in [1.165, 1.54) is 0 Å². The third-order valence-corrected chi connectivity index (χ3v) is 4.46. The van der Waals surface area contributed by atoms with Gasteiger partial charge < -0.3 is 19.7 Å². The van der Waals surface area contributed by atoms with E-state index in [1.54, 1.807) is 6.07 Å². The van der Waals surface area contributed by atoms with E-state index in [2.05, 4.69) is 12.2 Å². The Morgan fingerprint density at radius 2 is 1.77 bits per heavy atom. The van der Waals surface area contributed by atoms with Crippen LogP contribution in [0.3, 0.4) is 0 Å². The van der Waals surface area contributed by atoms with E-state index >= 15 is 0 Å². The lowest BCUT2D eigenvalue weighted by Gasteiger charge is -2.32. The normalized spacial score (nSPS) is 14.8. The lowest BCUT2D eigenvalue weighted by Crippen LogP contribution is -2.47. The van der Waals surface area contributed by atoms with E-state index in [9.17, 15) is 9.59 Å². The van der Waals surface area contributed by atoms with E-state index in [0.717, 1.165) is 25.7 Å². The first-order valence-corrected chi connectivity index (χ1v) is 9.55. The summed E-state index contributed by atoms with van der Waals surface area (Å²) in [6.07, 6.45) is 4.18. The van der Waals surface area contributed by atoms with Crippen LogP contribution in [0.15, 0.2) is 24.3 Å². The highest BCUT2D eigenvalue weighted by atomic mass is 16.5. The van der Waals surface area contributed by atoms with Gasteiger partial charge in [-0.15, -0.1) is 0 Å². The van der Waals surface area contributed by atoms with Crippen LogP contribution in [0.4, 0.5) is 0 Å². The molecule has 2 amide bonds. The van der Waals surface area contributed by atoms with E-state index < -0.39 is 0 Å². The molecule has 1 fully saturated rings. The molecule has 1 aromatic carbocycles. The fourth-order valence-corrected chi connectivity index (χ4v) is 3.02. The predicted molar refractivity (Wildman–Crippen MR) is 100 cm³/mol. The van der Waals surface area contributed by atoms with E-state index in [4.69, 9.17) is 9.47 Å². The average Bonchev–Trinajstić information content (AvgIpc) is 2.66. The maximum absolute atomic E-state index is 12.2. The summed E-state index contributed by atoms with van der Waals surface area (Å²) in [4.78, 5) is 26.1. The van der Waals surface area contributed by atoms with Crippen molar-refractivity contribution in [3.05, 3.63) is 24.3 Å². The van der Waals surface area contributed by atoms with E-state index in [1.807, 2.05) is 30.0 Å². The van der Waals surface area contributed by atoms with Crippen molar-refractivity contribution in [2.45, 2.75) is 52.0 Å². The van der Waals surface area contributed by atoms with Crippen LogP contribution in [-0.4, -0.2) is 49.1 Å². The molecular formula is C20H30N2O4. The Balaban J connectivity index is 1.72. The molecule has 1 aliphatic heterocycles. The van der Waals surface area contributed by atoms with Crippen LogP contribution in [0.1, 0.15) is 46.0 Å². The maximum Gasteiger partial charge on any atom is 0.258 e. The van der Waals surface area contributed by atoms with Crippen molar-refractivity contribution < 1.29 is 19.1 Å². The quantitative estimate of drug-likeness (QED) is 0.733. The van der Waals surface area contributed by atoms with Gasteiger partial charge in [0, 0.05) is 25.6 Å². The summed E-state index contributed by atoms with van der Waals surface area (Å²) in [6.45, 7) is 5.91. The zero-order valence-electron chi connectivity index (χ0n) is 15.8. The second kappa shape index (κ2) is 10.7.